The lowest BCUT2D eigenvalue weighted by Crippen LogP contribution is -2.49. The Morgan fingerprint density at radius 2 is 1.67 bits per heavy atom. The summed E-state index contributed by atoms with van der Waals surface area (Å²) >= 11 is 6.16. The number of benzene rings is 2. The average molecular weight is 431 g/mol. The number of amides is 1. The minimum Gasteiger partial charge on any atom is -0.490 e. The first-order chi connectivity index (χ1) is 14.5. The van der Waals surface area contributed by atoms with Crippen LogP contribution in [0, 0.1) is 6.92 Å². The summed E-state index contributed by atoms with van der Waals surface area (Å²) in [5.41, 5.74) is 3.45. The zero-order valence-corrected chi connectivity index (χ0v) is 18.9. The first-order valence-corrected chi connectivity index (χ1v) is 11.1. The van der Waals surface area contributed by atoms with E-state index in [0.29, 0.717) is 26.1 Å². The Balaban J connectivity index is 1.54. The van der Waals surface area contributed by atoms with Crippen molar-refractivity contribution in [2.45, 2.75) is 33.6 Å². The van der Waals surface area contributed by atoms with Gasteiger partial charge in [-0.1, -0.05) is 23.7 Å². The van der Waals surface area contributed by atoms with Crippen LogP contribution in [0.15, 0.2) is 36.4 Å². The van der Waals surface area contributed by atoms with Crippen LogP contribution in [-0.4, -0.2) is 50.2 Å². The summed E-state index contributed by atoms with van der Waals surface area (Å²) in [4.78, 5) is 17.0. The molecular weight excluding hydrogens is 400 g/mol. The van der Waals surface area contributed by atoms with Crippen LogP contribution in [0.4, 0.5) is 5.69 Å². The second kappa shape index (κ2) is 10.6. The third-order valence-corrected chi connectivity index (χ3v) is 5.61. The first kappa shape index (κ1) is 22.3. The molecule has 5 nitrogen and oxygen atoms in total. The number of carbonyl (C=O) groups is 1. The highest BCUT2D eigenvalue weighted by molar-refractivity contribution is 6.30. The molecule has 0 spiro atoms. The highest BCUT2D eigenvalue weighted by Gasteiger charge is 2.22. The molecule has 3 rings (SSSR count). The lowest BCUT2D eigenvalue weighted by molar-refractivity contribution is -0.131. The molecule has 0 aromatic heterocycles. The van der Waals surface area contributed by atoms with Crippen LogP contribution in [0.5, 0.6) is 11.5 Å². The fourth-order valence-corrected chi connectivity index (χ4v) is 3.95. The summed E-state index contributed by atoms with van der Waals surface area (Å²) < 4.78 is 11.3. The average Bonchev–Trinajstić information content (AvgIpc) is 2.76. The molecule has 0 radical (unpaired) electrons. The smallest absolute Gasteiger partial charge is 0.223 e. The third kappa shape index (κ3) is 5.60. The van der Waals surface area contributed by atoms with Crippen molar-refractivity contribution >= 4 is 23.2 Å². The van der Waals surface area contributed by atoms with E-state index in [9.17, 15) is 4.79 Å². The molecule has 0 bridgehead atoms. The lowest BCUT2D eigenvalue weighted by atomic mass is 10.1. The quantitative estimate of drug-likeness (QED) is 0.607. The van der Waals surface area contributed by atoms with Crippen LogP contribution in [0.3, 0.4) is 0 Å². The van der Waals surface area contributed by atoms with Crippen molar-refractivity contribution < 1.29 is 14.3 Å². The molecule has 1 heterocycles. The Kier molecular flexibility index (Phi) is 7.86. The standard InChI is InChI=1S/C24H31ClN2O3/c1-4-29-22-10-7-19(16-23(22)30-5-2)8-11-24(28)27-14-12-26(13-15-27)21-17-20(25)9-6-18(21)3/h6-7,9-10,16-17H,4-5,8,11-15H2,1-3H3. The molecule has 0 unspecified atom stereocenters. The zero-order valence-electron chi connectivity index (χ0n) is 18.1. The molecule has 1 amide bonds. The number of hydrogen-bond acceptors (Lipinski definition) is 4. The van der Waals surface area contributed by atoms with E-state index < -0.39 is 0 Å². The predicted octanol–water partition coefficient (Wildman–Crippen LogP) is 4.73. The van der Waals surface area contributed by atoms with E-state index in [4.69, 9.17) is 21.1 Å². The van der Waals surface area contributed by atoms with Crippen molar-refractivity contribution in [1.29, 1.82) is 0 Å². The van der Waals surface area contributed by atoms with Gasteiger partial charge in [0.2, 0.25) is 5.91 Å². The van der Waals surface area contributed by atoms with Crippen molar-refractivity contribution in [3.8, 4) is 11.5 Å². The number of hydrogen-bond donors (Lipinski definition) is 0. The number of anilines is 1. The number of aryl methyl sites for hydroxylation is 2. The van der Waals surface area contributed by atoms with Crippen LogP contribution in [0.25, 0.3) is 0 Å². The first-order valence-electron chi connectivity index (χ1n) is 10.7. The Morgan fingerprint density at radius 1 is 0.967 bits per heavy atom. The van der Waals surface area contributed by atoms with Crippen molar-refractivity contribution in [1.82, 2.24) is 4.90 Å². The van der Waals surface area contributed by atoms with Gasteiger partial charge in [0.25, 0.3) is 0 Å². The summed E-state index contributed by atoms with van der Waals surface area (Å²) in [7, 11) is 0. The van der Waals surface area contributed by atoms with E-state index in [1.165, 1.54) is 5.56 Å². The maximum absolute atomic E-state index is 12.7. The van der Waals surface area contributed by atoms with E-state index in [0.717, 1.165) is 54.0 Å². The topological polar surface area (TPSA) is 42.0 Å². The van der Waals surface area contributed by atoms with Gasteiger partial charge in [-0.2, -0.15) is 0 Å². The summed E-state index contributed by atoms with van der Waals surface area (Å²) in [6.07, 6.45) is 1.19. The number of rotatable bonds is 8. The molecule has 1 saturated heterocycles. The number of halogens is 1. The Bertz CT molecular complexity index is 864. The normalized spacial score (nSPS) is 14.0. The summed E-state index contributed by atoms with van der Waals surface area (Å²) in [6, 6.07) is 11.9. The van der Waals surface area contributed by atoms with Crippen LogP contribution in [0.2, 0.25) is 5.02 Å². The van der Waals surface area contributed by atoms with Gasteiger partial charge in [0.05, 0.1) is 13.2 Å². The second-order valence-electron chi connectivity index (χ2n) is 7.45. The van der Waals surface area contributed by atoms with Crippen LogP contribution in [-0.2, 0) is 11.2 Å². The molecule has 162 valence electrons. The molecule has 0 aliphatic carbocycles. The molecule has 0 saturated carbocycles. The summed E-state index contributed by atoms with van der Waals surface area (Å²) in [5, 5.41) is 0.746. The van der Waals surface area contributed by atoms with E-state index in [1.807, 2.05) is 55.1 Å². The Labute approximate surface area is 184 Å². The molecule has 1 aliphatic rings. The molecule has 0 atom stereocenters. The van der Waals surface area contributed by atoms with Crippen molar-refractivity contribution in [3.63, 3.8) is 0 Å². The fraction of sp³-hybridized carbons (Fsp3) is 0.458. The van der Waals surface area contributed by atoms with Gasteiger partial charge in [-0.25, -0.2) is 0 Å². The zero-order chi connectivity index (χ0) is 21.5. The van der Waals surface area contributed by atoms with Gasteiger partial charge in [-0.15, -0.1) is 0 Å². The van der Waals surface area contributed by atoms with Crippen LogP contribution >= 0.6 is 11.6 Å². The van der Waals surface area contributed by atoms with E-state index >= 15 is 0 Å². The number of nitrogens with zero attached hydrogens (tertiary/aromatic N) is 2. The van der Waals surface area contributed by atoms with Gasteiger partial charge in [0.1, 0.15) is 0 Å². The molecule has 1 fully saturated rings. The minimum atomic E-state index is 0.198. The van der Waals surface area contributed by atoms with E-state index in [2.05, 4.69) is 11.8 Å². The fourth-order valence-electron chi connectivity index (χ4n) is 3.78. The van der Waals surface area contributed by atoms with Crippen molar-refractivity contribution in [3.05, 3.63) is 52.5 Å². The maximum atomic E-state index is 12.7. The summed E-state index contributed by atoms with van der Waals surface area (Å²) in [5.74, 6) is 1.70. The van der Waals surface area contributed by atoms with Gasteiger partial charge in [-0.3, -0.25) is 4.79 Å². The Morgan fingerprint density at radius 3 is 2.37 bits per heavy atom. The van der Waals surface area contributed by atoms with Crippen molar-refractivity contribution in [2.75, 3.05) is 44.3 Å². The predicted molar refractivity (Wildman–Crippen MR) is 122 cm³/mol. The molecule has 30 heavy (non-hydrogen) atoms. The molecule has 6 heteroatoms. The molecular formula is C24H31ClN2O3. The lowest BCUT2D eigenvalue weighted by Gasteiger charge is -2.37. The highest BCUT2D eigenvalue weighted by Crippen LogP contribution is 2.29. The van der Waals surface area contributed by atoms with Gasteiger partial charge in [-0.05, 0) is 62.6 Å². The molecule has 2 aromatic carbocycles. The highest BCUT2D eigenvalue weighted by atomic mass is 35.5. The third-order valence-electron chi connectivity index (χ3n) is 5.38. The van der Waals surface area contributed by atoms with Crippen LogP contribution < -0.4 is 14.4 Å². The van der Waals surface area contributed by atoms with Gasteiger partial charge < -0.3 is 19.3 Å². The minimum absolute atomic E-state index is 0.198. The number of piperazine rings is 1. The molecule has 1 aliphatic heterocycles. The van der Waals surface area contributed by atoms with E-state index in [1.54, 1.807) is 0 Å². The SMILES string of the molecule is CCOc1ccc(CCC(=O)N2CCN(c3cc(Cl)ccc3C)CC2)cc1OCC. The maximum Gasteiger partial charge on any atom is 0.223 e. The summed E-state index contributed by atoms with van der Waals surface area (Å²) in [6.45, 7) is 10.3. The largest absolute Gasteiger partial charge is 0.490 e. The van der Waals surface area contributed by atoms with Gasteiger partial charge >= 0.3 is 0 Å². The van der Waals surface area contributed by atoms with Gasteiger partial charge in [0, 0.05) is 43.3 Å². The number of ether oxygens (including phenoxy) is 2. The second-order valence-corrected chi connectivity index (χ2v) is 7.88. The molecule has 0 N–H and O–H groups in total. The number of carbonyl (C=O) groups excluding carboxylic acids is 1. The monoisotopic (exact) mass is 430 g/mol. The Hall–Kier alpha value is -2.40. The van der Waals surface area contributed by atoms with Crippen LogP contribution in [0.1, 0.15) is 31.4 Å². The van der Waals surface area contributed by atoms with Crippen molar-refractivity contribution in [2.24, 2.45) is 0 Å². The van der Waals surface area contributed by atoms with Gasteiger partial charge in [0.15, 0.2) is 11.5 Å². The van der Waals surface area contributed by atoms with E-state index in [-0.39, 0.29) is 5.91 Å². The molecule has 2 aromatic rings.